The molecule has 8 nitrogen and oxygen atoms in total. The van der Waals surface area contributed by atoms with Crippen molar-refractivity contribution in [2.24, 2.45) is 0 Å². The lowest BCUT2D eigenvalue weighted by molar-refractivity contribution is -0.123. The Bertz CT molecular complexity index is 974. The van der Waals surface area contributed by atoms with Gasteiger partial charge >= 0.3 is 0 Å². The smallest absolute Gasteiger partial charge is 0.238 e. The second-order valence-electron chi connectivity index (χ2n) is 8.06. The number of hydrogen-bond donors (Lipinski definition) is 6. The van der Waals surface area contributed by atoms with Crippen molar-refractivity contribution in [2.45, 2.75) is 53.4 Å². The van der Waals surface area contributed by atoms with Gasteiger partial charge in [0.1, 0.15) is 0 Å². The molecule has 10 heteroatoms. The van der Waals surface area contributed by atoms with E-state index in [-0.39, 0.29) is 24.7 Å². The van der Waals surface area contributed by atoms with Crippen LogP contribution in [0.3, 0.4) is 0 Å². The van der Waals surface area contributed by atoms with Gasteiger partial charge in [-0.1, -0.05) is 12.1 Å². The van der Waals surface area contributed by atoms with Crippen molar-refractivity contribution in [1.29, 1.82) is 0 Å². The molecule has 2 aromatic rings. The van der Waals surface area contributed by atoms with Gasteiger partial charge in [-0.2, -0.15) is 0 Å². The summed E-state index contributed by atoms with van der Waals surface area (Å²) in [7, 11) is 0. The largest absolute Gasteiger partial charge is 0.331 e. The molecular weight excluding hydrogens is 468 g/mol. The van der Waals surface area contributed by atoms with Gasteiger partial charge in [-0.3, -0.25) is 31.3 Å². The lowest BCUT2D eigenvalue weighted by atomic mass is 10.1. The molecule has 2 aromatic carbocycles. The van der Waals surface area contributed by atoms with Crippen molar-refractivity contribution >= 4 is 57.8 Å². The van der Waals surface area contributed by atoms with Gasteiger partial charge in [-0.25, -0.2) is 0 Å². The molecule has 0 atom stereocenters. The van der Waals surface area contributed by atoms with E-state index in [0.717, 1.165) is 22.5 Å². The first kappa shape index (κ1) is 27.0. The third-order valence-corrected chi connectivity index (χ3v) is 5.63. The number of anilines is 2. The van der Waals surface area contributed by atoms with Crippen molar-refractivity contribution in [2.75, 3.05) is 10.6 Å². The van der Waals surface area contributed by atoms with Gasteiger partial charge in [0, 0.05) is 24.2 Å². The highest BCUT2D eigenvalue weighted by molar-refractivity contribution is 7.80. The van der Waals surface area contributed by atoms with Gasteiger partial charge in [0.2, 0.25) is 11.8 Å². The first-order valence-corrected chi connectivity index (χ1v) is 11.8. The Balaban J connectivity index is 1.56. The van der Waals surface area contributed by atoms with Crippen LogP contribution in [0.15, 0.2) is 36.4 Å². The van der Waals surface area contributed by atoms with E-state index in [1.54, 1.807) is 0 Å². The number of rotatable bonds is 7. The summed E-state index contributed by atoms with van der Waals surface area (Å²) in [6.07, 6.45) is 1.66. The molecule has 0 aromatic heterocycles. The minimum atomic E-state index is -0.207. The molecule has 0 aliphatic carbocycles. The average Bonchev–Trinajstić information content (AvgIpc) is 2.79. The Morgan fingerprint density at radius 1 is 0.618 bits per heavy atom. The van der Waals surface area contributed by atoms with Gasteiger partial charge in [0.15, 0.2) is 10.2 Å². The minimum Gasteiger partial charge on any atom is -0.331 e. The summed E-state index contributed by atoms with van der Waals surface area (Å²) in [5.74, 6) is -0.414. The molecule has 0 saturated carbocycles. The Morgan fingerprint density at radius 2 is 1.00 bits per heavy atom. The fraction of sp³-hybridized carbons (Fsp3) is 0.333. The van der Waals surface area contributed by atoms with E-state index in [0.29, 0.717) is 23.1 Å². The maximum atomic E-state index is 12.0. The van der Waals surface area contributed by atoms with Gasteiger partial charge < -0.3 is 10.6 Å². The predicted molar refractivity (Wildman–Crippen MR) is 145 cm³/mol. The van der Waals surface area contributed by atoms with Crippen molar-refractivity contribution < 1.29 is 9.59 Å². The minimum absolute atomic E-state index is 0.207. The Kier molecular flexibility index (Phi) is 10.7. The number of aryl methyl sites for hydroxylation is 4. The number of hydrazine groups is 2. The van der Waals surface area contributed by atoms with E-state index < -0.39 is 0 Å². The molecule has 0 fully saturated rings. The summed E-state index contributed by atoms with van der Waals surface area (Å²) >= 11 is 10.4. The van der Waals surface area contributed by atoms with Gasteiger partial charge in [0.05, 0.1) is 0 Å². The number of benzene rings is 2. The summed E-state index contributed by atoms with van der Waals surface area (Å²) in [6.45, 7) is 8.11. The number of thiocarbonyl (C=S) groups is 2. The molecule has 34 heavy (non-hydrogen) atoms. The fourth-order valence-electron chi connectivity index (χ4n) is 2.91. The molecule has 2 rings (SSSR count). The zero-order valence-electron chi connectivity index (χ0n) is 19.9. The van der Waals surface area contributed by atoms with Crippen molar-refractivity contribution in [3.05, 3.63) is 58.7 Å². The monoisotopic (exact) mass is 500 g/mol. The third kappa shape index (κ3) is 9.72. The highest BCUT2D eigenvalue weighted by Gasteiger charge is 2.06. The second kappa shape index (κ2) is 13.5. The van der Waals surface area contributed by atoms with Crippen LogP contribution in [0.4, 0.5) is 11.4 Å². The molecule has 182 valence electrons. The molecule has 2 amide bonds. The molecule has 0 aliphatic rings. The first-order chi connectivity index (χ1) is 16.1. The van der Waals surface area contributed by atoms with Gasteiger partial charge in [-0.05, 0) is 111 Å². The van der Waals surface area contributed by atoms with Crippen molar-refractivity contribution in [3.8, 4) is 0 Å². The van der Waals surface area contributed by atoms with Crippen LogP contribution in [0.5, 0.6) is 0 Å². The normalized spacial score (nSPS) is 10.1. The summed E-state index contributed by atoms with van der Waals surface area (Å²) in [5.41, 5.74) is 16.9. The number of unbranched alkanes of at least 4 members (excludes halogenated alkanes) is 1. The Morgan fingerprint density at radius 3 is 1.35 bits per heavy atom. The Labute approximate surface area is 211 Å². The summed E-state index contributed by atoms with van der Waals surface area (Å²) in [4.78, 5) is 24.0. The number of amides is 2. The van der Waals surface area contributed by atoms with Crippen LogP contribution in [-0.2, 0) is 9.59 Å². The second-order valence-corrected chi connectivity index (χ2v) is 8.88. The molecule has 0 heterocycles. The van der Waals surface area contributed by atoms with Gasteiger partial charge in [-0.15, -0.1) is 0 Å². The molecule has 0 spiro atoms. The van der Waals surface area contributed by atoms with Crippen molar-refractivity contribution in [1.82, 2.24) is 21.7 Å². The van der Waals surface area contributed by atoms with Crippen LogP contribution >= 0.6 is 24.4 Å². The molecule has 0 aliphatic heterocycles. The summed E-state index contributed by atoms with van der Waals surface area (Å²) in [6, 6.07) is 11.8. The highest BCUT2D eigenvalue weighted by atomic mass is 32.1. The van der Waals surface area contributed by atoms with Crippen LogP contribution in [0.25, 0.3) is 0 Å². The lowest BCUT2D eigenvalue weighted by Crippen LogP contribution is -2.44. The van der Waals surface area contributed by atoms with E-state index in [4.69, 9.17) is 24.4 Å². The van der Waals surface area contributed by atoms with E-state index in [1.165, 1.54) is 11.1 Å². The molecule has 6 N–H and O–H groups in total. The molecule has 0 unspecified atom stereocenters. The first-order valence-electron chi connectivity index (χ1n) is 11.0. The summed E-state index contributed by atoms with van der Waals surface area (Å²) < 4.78 is 0. The van der Waals surface area contributed by atoms with E-state index in [9.17, 15) is 9.59 Å². The maximum absolute atomic E-state index is 12.0. The zero-order chi connectivity index (χ0) is 25.1. The van der Waals surface area contributed by atoms with Crippen LogP contribution in [0.2, 0.25) is 0 Å². The van der Waals surface area contributed by atoms with Crippen molar-refractivity contribution in [3.63, 3.8) is 0 Å². The zero-order valence-corrected chi connectivity index (χ0v) is 21.6. The van der Waals surface area contributed by atoms with E-state index >= 15 is 0 Å². The van der Waals surface area contributed by atoms with Gasteiger partial charge in [0.25, 0.3) is 0 Å². The molecule has 0 radical (unpaired) electrons. The lowest BCUT2D eigenvalue weighted by Gasteiger charge is -2.13. The maximum Gasteiger partial charge on any atom is 0.238 e. The molecule has 0 bridgehead atoms. The van der Waals surface area contributed by atoms with E-state index in [2.05, 4.69) is 32.3 Å². The fourth-order valence-corrected chi connectivity index (χ4v) is 3.25. The summed E-state index contributed by atoms with van der Waals surface area (Å²) in [5, 5.41) is 6.64. The number of carbonyl (C=O) groups is 2. The average molecular weight is 501 g/mol. The quantitative estimate of drug-likeness (QED) is 0.194. The highest BCUT2D eigenvalue weighted by Crippen LogP contribution is 2.14. The number of nitrogens with one attached hydrogen (secondary N) is 6. The van der Waals surface area contributed by atoms with E-state index in [1.807, 2.05) is 64.1 Å². The standard InChI is InChI=1S/C24H32N6O2S2/c1-15-9-11-19(13-17(15)3)25-23(33)29-27-21(31)7-5-6-8-22(32)28-30-24(34)26-20-12-10-16(2)18(4)14-20/h9-14H,5-8H2,1-4H3,(H,27,31)(H,28,32)(H2,25,29,33)(H2,26,30,34). The number of hydrogen-bond acceptors (Lipinski definition) is 4. The third-order valence-electron chi connectivity index (χ3n) is 5.22. The number of carbonyl (C=O) groups excluding carboxylic acids is 2. The van der Waals surface area contributed by atoms with Crippen LogP contribution in [-0.4, -0.2) is 22.0 Å². The SMILES string of the molecule is Cc1ccc(NC(=S)NNC(=O)CCCCC(=O)NNC(=S)Nc2ccc(C)c(C)c2)cc1C. The predicted octanol–water partition coefficient (Wildman–Crippen LogP) is 3.82. The van der Waals surface area contributed by atoms with Crippen LogP contribution < -0.4 is 32.3 Å². The molecule has 0 saturated heterocycles. The topological polar surface area (TPSA) is 106 Å². The Hall–Kier alpha value is -3.24. The van der Waals surface area contributed by atoms with Crippen LogP contribution in [0, 0.1) is 27.7 Å². The molecular formula is C24H32N6O2S2. The van der Waals surface area contributed by atoms with Crippen LogP contribution in [0.1, 0.15) is 47.9 Å².